The molecule has 0 aromatic heterocycles. The Morgan fingerprint density at radius 3 is 2.77 bits per heavy atom. The highest BCUT2D eigenvalue weighted by Gasteiger charge is 2.10. The second-order valence-electron chi connectivity index (χ2n) is 3.77. The number of rotatable bonds is 5. The van der Waals surface area contributed by atoms with Crippen molar-refractivity contribution in [3.05, 3.63) is 0 Å². The molecule has 0 aromatic rings. The van der Waals surface area contributed by atoms with Crippen LogP contribution in [0.3, 0.4) is 0 Å². The molecule has 1 rings (SSSR count). The predicted molar refractivity (Wildman–Crippen MR) is 53.4 cm³/mol. The highest BCUT2D eigenvalue weighted by molar-refractivity contribution is 4.77. The van der Waals surface area contributed by atoms with Crippen LogP contribution < -0.4 is 5.32 Å². The molecule has 1 saturated heterocycles. The first-order valence-corrected chi connectivity index (χ1v) is 5.15. The van der Waals surface area contributed by atoms with Crippen LogP contribution in [0.25, 0.3) is 0 Å². The molecule has 0 aliphatic carbocycles. The first-order chi connectivity index (χ1) is 6.33. The molecule has 1 aliphatic rings. The summed E-state index contributed by atoms with van der Waals surface area (Å²) < 4.78 is 0. The van der Waals surface area contributed by atoms with Crippen LogP contribution >= 0.6 is 0 Å². The Kier molecular flexibility index (Phi) is 4.81. The van der Waals surface area contributed by atoms with Gasteiger partial charge in [-0.3, -0.25) is 0 Å². The Labute approximate surface area is 80.7 Å². The van der Waals surface area contributed by atoms with Crippen molar-refractivity contribution >= 4 is 0 Å². The topological polar surface area (TPSA) is 39.1 Å². The van der Waals surface area contributed by atoms with Crippen LogP contribution in [0.5, 0.6) is 0 Å². The van der Waals surface area contributed by atoms with Gasteiger partial charge in [0.25, 0.3) is 0 Å². The second kappa shape index (κ2) is 5.95. The van der Waals surface area contributed by atoms with Crippen molar-refractivity contribution < 1.29 is 0 Å². The minimum atomic E-state index is 0.340. The van der Waals surface area contributed by atoms with Crippen molar-refractivity contribution in [1.82, 2.24) is 10.2 Å². The monoisotopic (exact) mass is 181 g/mol. The minimum Gasteiger partial charge on any atom is -0.312 e. The third-order valence-corrected chi connectivity index (χ3v) is 2.52. The standard InChI is InChI=1S/C10H19N3/c1-10(4-5-11)12-6-9-13-7-2-3-8-13/h10,12H,2-4,6-9H2,1H3. The summed E-state index contributed by atoms with van der Waals surface area (Å²) >= 11 is 0. The lowest BCUT2D eigenvalue weighted by Gasteiger charge is -2.16. The Morgan fingerprint density at radius 1 is 1.46 bits per heavy atom. The summed E-state index contributed by atoms with van der Waals surface area (Å²) in [5.41, 5.74) is 0. The maximum Gasteiger partial charge on any atom is 0.0638 e. The Balaban J connectivity index is 1.97. The van der Waals surface area contributed by atoms with Crippen molar-refractivity contribution in [2.45, 2.75) is 32.2 Å². The average molecular weight is 181 g/mol. The highest BCUT2D eigenvalue weighted by atomic mass is 15.1. The summed E-state index contributed by atoms with van der Waals surface area (Å²) in [6.45, 7) is 6.73. The highest BCUT2D eigenvalue weighted by Crippen LogP contribution is 2.05. The third-order valence-electron chi connectivity index (χ3n) is 2.52. The van der Waals surface area contributed by atoms with Crippen LogP contribution in [-0.2, 0) is 0 Å². The molecule has 1 heterocycles. The van der Waals surface area contributed by atoms with Gasteiger partial charge in [-0.05, 0) is 32.9 Å². The second-order valence-corrected chi connectivity index (χ2v) is 3.77. The zero-order valence-electron chi connectivity index (χ0n) is 8.42. The molecule has 3 heteroatoms. The molecule has 0 radical (unpaired) electrons. The fourth-order valence-corrected chi connectivity index (χ4v) is 1.68. The van der Waals surface area contributed by atoms with Gasteiger partial charge in [0.05, 0.1) is 12.5 Å². The van der Waals surface area contributed by atoms with E-state index in [-0.39, 0.29) is 0 Å². The molecule has 1 atom stereocenters. The van der Waals surface area contributed by atoms with Crippen molar-refractivity contribution in [3.8, 4) is 6.07 Å². The molecule has 3 nitrogen and oxygen atoms in total. The number of likely N-dealkylation sites (tertiary alicyclic amines) is 1. The van der Waals surface area contributed by atoms with Gasteiger partial charge in [-0.15, -0.1) is 0 Å². The van der Waals surface area contributed by atoms with Gasteiger partial charge in [0.2, 0.25) is 0 Å². The van der Waals surface area contributed by atoms with Gasteiger partial charge in [0.15, 0.2) is 0 Å². The number of nitrogens with zero attached hydrogens (tertiary/aromatic N) is 2. The van der Waals surface area contributed by atoms with E-state index in [9.17, 15) is 0 Å². The minimum absolute atomic E-state index is 0.340. The molecule has 1 fully saturated rings. The molecule has 13 heavy (non-hydrogen) atoms. The first kappa shape index (κ1) is 10.5. The maximum atomic E-state index is 8.45. The molecule has 0 aromatic carbocycles. The summed E-state index contributed by atoms with van der Waals surface area (Å²) in [7, 11) is 0. The van der Waals surface area contributed by atoms with E-state index in [0.717, 1.165) is 13.1 Å². The number of hydrogen-bond acceptors (Lipinski definition) is 3. The van der Waals surface area contributed by atoms with Crippen LogP contribution in [0.4, 0.5) is 0 Å². The number of hydrogen-bond donors (Lipinski definition) is 1. The van der Waals surface area contributed by atoms with E-state index in [1.807, 2.05) is 0 Å². The fraction of sp³-hybridized carbons (Fsp3) is 0.900. The molecule has 0 bridgehead atoms. The normalized spacial score (nSPS) is 20.0. The number of nitriles is 1. The van der Waals surface area contributed by atoms with E-state index in [2.05, 4.69) is 23.2 Å². The van der Waals surface area contributed by atoms with E-state index in [1.54, 1.807) is 0 Å². The van der Waals surface area contributed by atoms with E-state index in [1.165, 1.54) is 25.9 Å². The summed E-state index contributed by atoms with van der Waals surface area (Å²) in [6, 6.07) is 2.51. The molecule has 0 saturated carbocycles. The lowest BCUT2D eigenvalue weighted by atomic mass is 10.2. The Bertz CT molecular complexity index is 167. The summed E-state index contributed by atoms with van der Waals surface area (Å²) in [5, 5.41) is 11.8. The molecule has 74 valence electrons. The molecule has 1 N–H and O–H groups in total. The van der Waals surface area contributed by atoms with E-state index in [0.29, 0.717) is 12.5 Å². The van der Waals surface area contributed by atoms with E-state index < -0.39 is 0 Å². The lowest BCUT2D eigenvalue weighted by molar-refractivity contribution is 0.329. The number of nitrogens with one attached hydrogen (secondary N) is 1. The summed E-state index contributed by atoms with van der Waals surface area (Å²) in [6.07, 6.45) is 3.32. The zero-order chi connectivity index (χ0) is 9.52. The van der Waals surface area contributed by atoms with Crippen LogP contribution in [0.1, 0.15) is 26.2 Å². The predicted octanol–water partition coefficient (Wildman–Crippen LogP) is 0.974. The third kappa shape index (κ3) is 4.25. The first-order valence-electron chi connectivity index (χ1n) is 5.15. The molecule has 1 unspecified atom stereocenters. The lowest BCUT2D eigenvalue weighted by Crippen LogP contribution is -2.34. The van der Waals surface area contributed by atoms with Crippen LogP contribution in [-0.4, -0.2) is 37.1 Å². The zero-order valence-corrected chi connectivity index (χ0v) is 8.42. The smallest absolute Gasteiger partial charge is 0.0638 e. The Hall–Kier alpha value is -0.590. The van der Waals surface area contributed by atoms with Gasteiger partial charge in [-0.2, -0.15) is 5.26 Å². The maximum absolute atomic E-state index is 8.45. The van der Waals surface area contributed by atoms with Crippen LogP contribution in [0.15, 0.2) is 0 Å². The van der Waals surface area contributed by atoms with Crippen molar-refractivity contribution in [2.24, 2.45) is 0 Å². The molecule has 0 spiro atoms. The fourth-order valence-electron chi connectivity index (χ4n) is 1.68. The van der Waals surface area contributed by atoms with Crippen LogP contribution in [0.2, 0.25) is 0 Å². The van der Waals surface area contributed by atoms with Gasteiger partial charge in [0, 0.05) is 19.1 Å². The Morgan fingerprint density at radius 2 is 2.15 bits per heavy atom. The summed E-state index contributed by atoms with van der Waals surface area (Å²) in [5.74, 6) is 0. The SMILES string of the molecule is CC(CC#N)NCCN1CCCC1. The van der Waals surface area contributed by atoms with Crippen molar-refractivity contribution in [1.29, 1.82) is 5.26 Å². The quantitative estimate of drug-likeness (QED) is 0.687. The molecule has 1 aliphatic heterocycles. The largest absolute Gasteiger partial charge is 0.312 e. The average Bonchev–Trinajstić information content (AvgIpc) is 2.57. The van der Waals surface area contributed by atoms with E-state index >= 15 is 0 Å². The van der Waals surface area contributed by atoms with E-state index in [4.69, 9.17) is 5.26 Å². The van der Waals surface area contributed by atoms with Gasteiger partial charge in [-0.1, -0.05) is 0 Å². The molecular weight excluding hydrogens is 162 g/mol. The molecular formula is C10H19N3. The van der Waals surface area contributed by atoms with Crippen molar-refractivity contribution in [3.63, 3.8) is 0 Å². The summed E-state index contributed by atoms with van der Waals surface area (Å²) in [4.78, 5) is 2.48. The van der Waals surface area contributed by atoms with Gasteiger partial charge >= 0.3 is 0 Å². The van der Waals surface area contributed by atoms with Gasteiger partial charge < -0.3 is 10.2 Å². The van der Waals surface area contributed by atoms with Gasteiger partial charge in [0.1, 0.15) is 0 Å². The van der Waals surface area contributed by atoms with Crippen LogP contribution in [0, 0.1) is 11.3 Å². The van der Waals surface area contributed by atoms with Crippen molar-refractivity contribution in [2.75, 3.05) is 26.2 Å². The van der Waals surface area contributed by atoms with Gasteiger partial charge in [-0.25, -0.2) is 0 Å². The molecule has 0 amide bonds.